The highest BCUT2D eigenvalue weighted by atomic mass is 32.1. The molecule has 0 aliphatic carbocycles. The average Bonchev–Trinajstić information content (AvgIpc) is 3.08. The Labute approximate surface area is 114 Å². The smallest absolute Gasteiger partial charge is 0.274 e. The number of aliphatic hydroxyl groups excluding tert-OH is 2. The van der Waals surface area contributed by atoms with Crippen molar-refractivity contribution < 1.29 is 15.0 Å². The van der Waals surface area contributed by atoms with Gasteiger partial charge in [0, 0.05) is 13.1 Å². The molecule has 0 saturated heterocycles. The molecule has 0 saturated carbocycles. The van der Waals surface area contributed by atoms with Crippen molar-refractivity contribution in [2.24, 2.45) is 0 Å². The summed E-state index contributed by atoms with van der Waals surface area (Å²) in [4.78, 5) is 14.5. The molecule has 0 aliphatic rings. The van der Waals surface area contributed by atoms with Gasteiger partial charge in [-0.05, 0) is 17.5 Å². The summed E-state index contributed by atoms with van der Waals surface area (Å²) in [5.74, 6) is -0.304. The summed E-state index contributed by atoms with van der Waals surface area (Å²) in [6, 6.07) is 5.54. The van der Waals surface area contributed by atoms with Crippen molar-refractivity contribution >= 4 is 17.2 Å². The second-order valence-corrected chi connectivity index (χ2v) is 4.83. The highest BCUT2D eigenvalue weighted by Gasteiger charge is 2.18. The minimum Gasteiger partial charge on any atom is -0.395 e. The first-order valence-corrected chi connectivity index (χ1v) is 6.74. The van der Waals surface area contributed by atoms with Gasteiger partial charge in [-0.1, -0.05) is 6.07 Å². The molecule has 2 rings (SSSR count). The number of rotatable bonds is 6. The number of nitrogens with one attached hydrogen (secondary N) is 1. The molecular formula is C12H15N3O3S. The quantitative estimate of drug-likeness (QED) is 0.722. The molecule has 0 spiro atoms. The maximum absolute atomic E-state index is 12.1. The van der Waals surface area contributed by atoms with Gasteiger partial charge in [-0.15, -0.1) is 11.3 Å². The van der Waals surface area contributed by atoms with Crippen LogP contribution in [0.4, 0.5) is 0 Å². The molecule has 0 fully saturated rings. The van der Waals surface area contributed by atoms with Crippen molar-refractivity contribution in [3.63, 3.8) is 0 Å². The molecule has 3 N–H and O–H groups in total. The Morgan fingerprint density at radius 1 is 1.37 bits per heavy atom. The maximum Gasteiger partial charge on any atom is 0.274 e. The van der Waals surface area contributed by atoms with Crippen LogP contribution in [0.2, 0.25) is 0 Å². The van der Waals surface area contributed by atoms with Crippen molar-refractivity contribution in [1.82, 2.24) is 15.1 Å². The fourth-order valence-electron chi connectivity index (χ4n) is 1.71. The summed E-state index contributed by atoms with van der Waals surface area (Å²) in [6.45, 7) is 0.0725. The molecule has 7 heteroatoms. The summed E-state index contributed by atoms with van der Waals surface area (Å²) < 4.78 is 0. The van der Waals surface area contributed by atoms with E-state index in [0.717, 1.165) is 10.6 Å². The number of carbonyl (C=O) groups is 1. The van der Waals surface area contributed by atoms with E-state index in [-0.39, 0.29) is 37.9 Å². The van der Waals surface area contributed by atoms with Crippen LogP contribution < -0.4 is 0 Å². The molecule has 0 aromatic carbocycles. The first-order chi connectivity index (χ1) is 9.26. The first-order valence-electron chi connectivity index (χ1n) is 5.86. The van der Waals surface area contributed by atoms with Crippen molar-refractivity contribution in [2.75, 3.05) is 26.3 Å². The van der Waals surface area contributed by atoms with Gasteiger partial charge in [0.2, 0.25) is 0 Å². The van der Waals surface area contributed by atoms with Gasteiger partial charge in [-0.25, -0.2) is 0 Å². The van der Waals surface area contributed by atoms with Crippen LogP contribution in [0.3, 0.4) is 0 Å². The van der Waals surface area contributed by atoms with Crippen LogP contribution in [-0.4, -0.2) is 57.5 Å². The predicted octanol–water partition coefficient (Wildman–Crippen LogP) is 0.565. The van der Waals surface area contributed by atoms with Crippen molar-refractivity contribution in [1.29, 1.82) is 0 Å². The molecule has 2 aromatic rings. The van der Waals surface area contributed by atoms with Gasteiger partial charge in [-0.3, -0.25) is 9.89 Å². The zero-order valence-corrected chi connectivity index (χ0v) is 11.1. The summed E-state index contributed by atoms with van der Waals surface area (Å²) in [7, 11) is 0. The Morgan fingerprint density at radius 3 is 2.68 bits per heavy atom. The summed E-state index contributed by atoms with van der Waals surface area (Å²) in [5.41, 5.74) is 1.07. The number of aromatic amines is 1. The molecule has 6 nitrogen and oxygen atoms in total. The topological polar surface area (TPSA) is 89.5 Å². The van der Waals surface area contributed by atoms with Crippen LogP contribution >= 0.6 is 11.3 Å². The van der Waals surface area contributed by atoms with Crippen LogP contribution in [0.25, 0.3) is 10.6 Å². The third kappa shape index (κ3) is 3.19. The average molecular weight is 281 g/mol. The van der Waals surface area contributed by atoms with E-state index in [0.29, 0.717) is 0 Å². The summed E-state index contributed by atoms with van der Waals surface area (Å²) >= 11 is 1.55. The number of H-pyrrole nitrogens is 1. The number of carbonyl (C=O) groups excluding carboxylic acids is 1. The lowest BCUT2D eigenvalue weighted by atomic mass is 10.3. The van der Waals surface area contributed by atoms with Gasteiger partial charge in [0.1, 0.15) is 0 Å². The molecule has 0 unspecified atom stereocenters. The van der Waals surface area contributed by atoms with E-state index in [1.54, 1.807) is 17.4 Å². The lowest BCUT2D eigenvalue weighted by molar-refractivity contribution is 0.0679. The predicted molar refractivity (Wildman–Crippen MR) is 72.0 cm³/mol. The van der Waals surface area contributed by atoms with Crippen LogP contribution in [0, 0.1) is 0 Å². The minimum absolute atomic E-state index is 0.145. The molecular weight excluding hydrogens is 266 g/mol. The van der Waals surface area contributed by atoms with Crippen molar-refractivity contribution in [3.8, 4) is 10.6 Å². The molecule has 19 heavy (non-hydrogen) atoms. The van der Waals surface area contributed by atoms with E-state index < -0.39 is 0 Å². The van der Waals surface area contributed by atoms with E-state index in [2.05, 4.69) is 10.2 Å². The lowest BCUT2D eigenvalue weighted by Crippen LogP contribution is -2.36. The third-order valence-electron chi connectivity index (χ3n) is 2.61. The largest absolute Gasteiger partial charge is 0.395 e. The zero-order chi connectivity index (χ0) is 13.7. The number of thiophene rings is 1. The fraction of sp³-hybridized carbons (Fsp3) is 0.333. The molecule has 1 amide bonds. The summed E-state index contributed by atoms with van der Waals surface area (Å²) in [6.07, 6.45) is 0. The second-order valence-electron chi connectivity index (χ2n) is 3.88. The Kier molecular flexibility index (Phi) is 4.67. The fourth-order valence-corrected chi connectivity index (χ4v) is 2.40. The number of aromatic nitrogens is 2. The minimum atomic E-state index is -0.304. The maximum atomic E-state index is 12.1. The van der Waals surface area contributed by atoms with Crippen LogP contribution in [0.1, 0.15) is 10.5 Å². The molecule has 2 aromatic heterocycles. The van der Waals surface area contributed by atoms with E-state index >= 15 is 0 Å². The normalized spacial score (nSPS) is 10.6. The number of aliphatic hydroxyl groups is 2. The third-order valence-corrected chi connectivity index (χ3v) is 3.51. The summed E-state index contributed by atoms with van der Waals surface area (Å²) in [5, 5.41) is 26.6. The van der Waals surface area contributed by atoms with E-state index in [1.807, 2.05) is 17.5 Å². The van der Waals surface area contributed by atoms with Crippen molar-refractivity contribution in [3.05, 3.63) is 29.3 Å². The number of hydrogen-bond acceptors (Lipinski definition) is 5. The van der Waals surface area contributed by atoms with E-state index in [4.69, 9.17) is 10.2 Å². The van der Waals surface area contributed by atoms with Crippen LogP contribution in [0.15, 0.2) is 23.6 Å². The Bertz CT molecular complexity index is 518. The molecule has 0 radical (unpaired) electrons. The highest BCUT2D eigenvalue weighted by Crippen LogP contribution is 2.23. The highest BCUT2D eigenvalue weighted by molar-refractivity contribution is 7.13. The van der Waals surface area contributed by atoms with Crippen LogP contribution in [0.5, 0.6) is 0 Å². The van der Waals surface area contributed by atoms with Crippen molar-refractivity contribution in [2.45, 2.75) is 0 Å². The second kappa shape index (κ2) is 6.46. The van der Waals surface area contributed by atoms with Gasteiger partial charge >= 0.3 is 0 Å². The van der Waals surface area contributed by atoms with Gasteiger partial charge in [0.05, 0.1) is 23.8 Å². The number of hydrogen-bond donors (Lipinski definition) is 3. The Morgan fingerprint density at radius 2 is 2.11 bits per heavy atom. The lowest BCUT2D eigenvalue weighted by Gasteiger charge is -2.19. The standard InChI is InChI=1S/C12H15N3O3S/c16-5-3-15(4-6-17)12(18)10-8-9(13-14-10)11-2-1-7-19-11/h1-2,7-8,16-17H,3-6H2,(H,13,14). The first kappa shape index (κ1) is 13.7. The number of nitrogens with zero attached hydrogens (tertiary/aromatic N) is 2. The van der Waals surface area contributed by atoms with Gasteiger partial charge in [-0.2, -0.15) is 5.10 Å². The van der Waals surface area contributed by atoms with Gasteiger partial charge in [0.25, 0.3) is 5.91 Å². The van der Waals surface area contributed by atoms with E-state index in [1.165, 1.54) is 4.90 Å². The van der Waals surface area contributed by atoms with Gasteiger partial charge < -0.3 is 15.1 Å². The Hall–Kier alpha value is -1.70. The molecule has 0 aliphatic heterocycles. The molecule has 2 heterocycles. The molecule has 102 valence electrons. The van der Waals surface area contributed by atoms with E-state index in [9.17, 15) is 4.79 Å². The SMILES string of the molecule is O=C(c1cc(-c2cccs2)[nH]n1)N(CCO)CCO. The number of amides is 1. The monoisotopic (exact) mass is 281 g/mol. The molecule has 0 atom stereocenters. The van der Waals surface area contributed by atoms with Crippen LogP contribution in [-0.2, 0) is 0 Å². The van der Waals surface area contributed by atoms with Gasteiger partial charge in [0.15, 0.2) is 5.69 Å². The Balaban J connectivity index is 2.14. The zero-order valence-electron chi connectivity index (χ0n) is 10.2. The molecule has 0 bridgehead atoms.